The molecule has 0 bridgehead atoms. The number of carboxylic acids is 1. The first-order valence-corrected chi connectivity index (χ1v) is 9.39. The minimum atomic E-state index is -0.882. The number of ether oxygens (including phenoxy) is 1. The monoisotopic (exact) mass is 361 g/mol. The summed E-state index contributed by atoms with van der Waals surface area (Å²) in [6.45, 7) is 7.78. The van der Waals surface area contributed by atoms with E-state index >= 15 is 0 Å². The van der Waals surface area contributed by atoms with Gasteiger partial charge in [0.25, 0.3) is 0 Å². The summed E-state index contributed by atoms with van der Waals surface area (Å²) in [6.07, 6.45) is 2.69. The van der Waals surface area contributed by atoms with E-state index in [2.05, 4.69) is 10.3 Å². The molecule has 1 heterocycles. The van der Waals surface area contributed by atoms with Gasteiger partial charge in [0.15, 0.2) is 0 Å². The molecule has 0 amide bonds. The Bertz CT molecular complexity index is 622. The minimum Gasteiger partial charge on any atom is -0.492 e. The van der Waals surface area contributed by atoms with E-state index in [9.17, 15) is 9.90 Å². The van der Waals surface area contributed by atoms with Crippen LogP contribution in [0, 0.1) is 11.3 Å². The second-order valence-corrected chi connectivity index (χ2v) is 7.30. The summed E-state index contributed by atoms with van der Waals surface area (Å²) in [5.41, 5.74) is 6.10. The molecule has 1 unspecified atom stereocenters. The van der Waals surface area contributed by atoms with Crippen molar-refractivity contribution in [2.24, 2.45) is 22.1 Å². The summed E-state index contributed by atoms with van der Waals surface area (Å²) in [6, 6.07) is 7.60. The van der Waals surface area contributed by atoms with Crippen LogP contribution < -0.4 is 15.8 Å². The van der Waals surface area contributed by atoms with Crippen molar-refractivity contribution >= 4 is 11.8 Å². The summed E-state index contributed by atoms with van der Waals surface area (Å²) < 4.78 is 5.80. The molecule has 1 saturated heterocycles. The maximum atomic E-state index is 11.7. The van der Waals surface area contributed by atoms with Crippen molar-refractivity contribution in [3.8, 4) is 5.75 Å². The number of aliphatic imine (C=N–C) groups is 1. The fourth-order valence-electron chi connectivity index (χ4n) is 3.29. The van der Waals surface area contributed by atoms with Gasteiger partial charge in [0.2, 0.25) is 0 Å². The van der Waals surface area contributed by atoms with Crippen LogP contribution in [0.1, 0.15) is 45.6 Å². The minimum absolute atomic E-state index is 0.0175. The van der Waals surface area contributed by atoms with E-state index in [0.29, 0.717) is 18.0 Å². The average Bonchev–Trinajstić information content (AvgIpc) is 2.63. The number of carboxylic acid groups (broad SMARTS) is 1. The first kappa shape index (κ1) is 20.2. The Hall–Kier alpha value is -2.08. The van der Waals surface area contributed by atoms with E-state index in [1.807, 2.05) is 45.0 Å². The van der Waals surface area contributed by atoms with E-state index in [1.165, 1.54) is 0 Å². The van der Waals surface area contributed by atoms with Crippen LogP contribution in [0.25, 0.3) is 0 Å². The highest BCUT2D eigenvalue weighted by Gasteiger charge is 2.41. The highest BCUT2D eigenvalue weighted by Crippen LogP contribution is 2.33. The number of nitrogens with one attached hydrogen (secondary N) is 1. The standard InChI is InChI=1S/C20H31N3O3/c1-4-20(14(2)3,19(24)25)13-26-17-9-7-15(8-10-17)18(21)23-16-6-5-11-22-12-16/h7-10,14,16,22H,4-6,11-13H2,1-3H3,(H2,21,23)(H,24,25)/t16?,20-/m1/s1. The van der Waals surface area contributed by atoms with Crippen LogP contribution in [-0.2, 0) is 4.79 Å². The van der Waals surface area contributed by atoms with Crippen LogP contribution in [0.4, 0.5) is 0 Å². The van der Waals surface area contributed by atoms with Crippen molar-refractivity contribution in [2.45, 2.75) is 46.1 Å². The lowest BCUT2D eigenvalue weighted by Crippen LogP contribution is -2.41. The molecular weight excluding hydrogens is 330 g/mol. The molecule has 6 nitrogen and oxygen atoms in total. The Balaban J connectivity index is 2.02. The molecule has 1 aromatic rings. The van der Waals surface area contributed by atoms with Gasteiger partial charge in [0, 0.05) is 12.1 Å². The number of nitrogens with two attached hydrogens (primary N) is 1. The van der Waals surface area contributed by atoms with Gasteiger partial charge in [0.05, 0.1) is 6.04 Å². The second-order valence-electron chi connectivity index (χ2n) is 7.30. The summed E-state index contributed by atoms with van der Waals surface area (Å²) in [7, 11) is 0. The zero-order valence-electron chi connectivity index (χ0n) is 16.0. The third kappa shape index (κ3) is 4.75. The van der Waals surface area contributed by atoms with Crippen molar-refractivity contribution in [3.05, 3.63) is 29.8 Å². The summed E-state index contributed by atoms with van der Waals surface area (Å²) in [5, 5.41) is 13.0. The number of benzene rings is 1. The fourth-order valence-corrected chi connectivity index (χ4v) is 3.29. The van der Waals surface area contributed by atoms with Crippen LogP contribution in [-0.4, -0.2) is 42.6 Å². The summed E-state index contributed by atoms with van der Waals surface area (Å²) >= 11 is 0. The number of hydrogen-bond donors (Lipinski definition) is 3. The van der Waals surface area contributed by atoms with E-state index in [4.69, 9.17) is 10.5 Å². The molecule has 4 N–H and O–H groups in total. The van der Waals surface area contributed by atoms with E-state index in [1.54, 1.807) is 0 Å². The highest BCUT2D eigenvalue weighted by molar-refractivity contribution is 5.97. The number of carbonyl (C=O) groups is 1. The summed E-state index contributed by atoms with van der Waals surface area (Å²) in [4.78, 5) is 16.3. The van der Waals surface area contributed by atoms with Crippen LogP contribution in [0.3, 0.4) is 0 Å². The topological polar surface area (TPSA) is 96.9 Å². The molecule has 6 heteroatoms. The Morgan fingerprint density at radius 2 is 2.12 bits per heavy atom. The summed E-state index contributed by atoms with van der Waals surface area (Å²) in [5.74, 6) is 0.335. The normalized spacial score (nSPS) is 20.6. The van der Waals surface area contributed by atoms with E-state index in [0.717, 1.165) is 31.5 Å². The van der Waals surface area contributed by atoms with Crippen LogP contribution in [0.2, 0.25) is 0 Å². The number of piperidine rings is 1. The van der Waals surface area contributed by atoms with Gasteiger partial charge in [-0.3, -0.25) is 9.79 Å². The highest BCUT2D eigenvalue weighted by atomic mass is 16.5. The van der Waals surface area contributed by atoms with Crippen LogP contribution in [0.5, 0.6) is 5.75 Å². The molecule has 1 aromatic carbocycles. The molecule has 1 fully saturated rings. The maximum Gasteiger partial charge on any atom is 0.313 e. The molecule has 2 rings (SSSR count). The van der Waals surface area contributed by atoms with Crippen molar-refractivity contribution in [1.82, 2.24) is 5.32 Å². The van der Waals surface area contributed by atoms with Crippen molar-refractivity contribution in [3.63, 3.8) is 0 Å². The molecular formula is C20H31N3O3. The molecule has 2 atom stereocenters. The SMILES string of the molecule is CC[C@](COc1ccc(C(N)=NC2CCCNC2)cc1)(C(=O)O)C(C)C. The number of hydrogen-bond acceptors (Lipinski definition) is 4. The van der Waals surface area contributed by atoms with Crippen molar-refractivity contribution in [2.75, 3.05) is 19.7 Å². The largest absolute Gasteiger partial charge is 0.492 e. The number of aliphatic carboxylic acids is 1. The third-order valence-electron chi connectivity index (χ3n) is 5.40. The van der Waals surface area contributed by atoms with Gasteiger partial charge in [-0.05, 0) is 56.0 Å². The lowest BCUT2D eigenvalue weighted by atomic mass is 9.75. The maximum absolute atomic E-state index is 11.7. The Morgan fingerprint density at radius 3 is 2.62 bits per heavy atom. The average molecular weight is 361 g/mol. The lowest BCUT2D eigenvalue weighted by Gasteiger charge is -2.32. The van der Waals surface area contributed by atoms with Crippen molar-refractivity contribution < 1.29 is 14.6 Å². The third-order valence-corrected chi connectivity index (χ3v) is 5.40. The van der Waals surface area contributed by atoms with Crippen LogP contribution in [0.15, 0.2) is 29.3 Å². The van der Waals surface area contributed by atoms with Gasteiger partial charge < -0.3 is 20.9 Å². The molecule has 144 valence electrons. The zero-order valence-corrected chi connectivity index (χ0v) is 16.0. The Labute approximate surface area is 155 Å². The predicted molar refractivity (Wildman–Crippen MR) is 104 cm³/mol. The first-order valence-electron chi connectivity index (χ1n) is 9.39. The van der Waals surface area contributed by atoms with Gasteiger partial charge in [0.1, 0.15) is 23.6 Å². The van der Waals surface area contributed by atoms with Gasteiger partial charge in [-0.25, -0.2) is 0 Å². The number of nitrogens with zero attached hydrogens (tertiary/aromatic N) is 1. The smallest absolute Gasteiger partial charge is 0.313 e. The molecule has 0 spiro atoms. The van der Waals surface area contributed by atoms with E-state index < -0.39 is 11.4 Å². The van der Waals surface area contributed by atoms with Crippen LogP contribution >= 0.6 is 0 Å². The molecule has 1 aliphatic heterocycles. The number of amidine groups is 1. The number of rotatable bonds is 8. The van der Waals surface area contributed by atoms with Gasteiger partial charge >= 0.3 is 5.97 Å². The fraction of sp³-hybridized carbons (Fsp3) is 0.600. The van der Waals surface area contributed by atoms with Gasteiger partial charge in [-0.15, -0.1) is 0 Å². The molecule has 0 aromatic heterocycles. The quantitative estimate of drug-likeness (QED) is 0.488. The van der Waals surface area contributed by atoms with Gasteiger partial charge in [-0.2, -0.15) is 0 Å². The molecule has 0 aliphatic carbocycles. The Kier molecular flexibility index (Phi) is 7.03. The van der Waals surface area contributed by atoms with Gasteiger partial charge in [-0.1, -0.05) is 20.8 Å². The first-order chi connectivity index (χ1) is 12.4. The molecule has 26 heavy (non-hydrogen) atoms. The predicted octanol–water partition coefficient (Wildman–Crippen LogP) is 2.66. The Morgan fingerprint density at radius 1 is 1.42 bits per heavy atom. The van der Waals surface area contributed by atoms with E-state index in [-0.39, 0.29) is 18.6 Å². The van der Waals surface area contributed by atoms with Crippen molar-refractivity contribution in [1.29, 1.82) is 0 Å². The molecule has 0 saturated carbocycles. The zero-order chi connectivity index (χ0) is 19.2. The molecule has 1 aliphatic rings. The molecule has 0 radical (unpaired) electrons. The second kappa shape index (κ2) is 9.03. The lowest BCUT2D eigenvalue weighted by molar-refractivity contribution is -0.154.